The highest BCUT2D eigenvalue weighted by Gasteiger charge is 2.33. The second kappa shape index (κ2) is 13.9. The summed E-state index contributed by atoms with van der Waals surface area (Å²) in [5, 5.41) is 6.99. The van der Waals surface area contributed by atoms with Crippen molar-refractivity contribution in [2.24, 2.45) is 4.99 Å². The summed E-state index contributed by atoms with van der Waals surface area (Å²) in [6.45, 7) is 10.3. The Morgan fingerprint density at radius 3 is 2.48 bits per heavy atom. The van der Waals surface area contributed by atoms with Gasteiger partial charge in [-0.25, -0.2) is 18.3 Å². The van der Waals surface area contributed by atoms with E-state index in [4.69, 9.17) is 9.47 Å². The van der Waals surface area contributed by atoms with Crippen molar-refractivity contribution in [3.63, 3.8) is 0 Å². The van der Waals surface area contributed by atoms with Gasteiger partial charge in [0.2, 0.25) is 0 Å². The van der Waals surface area contributed by atoms with Gasteiger partial charge in [0.25, 0.3) is 6.43 Å². The Morgan fingerprint density at radius 1 is 1.18 bits per heavy atom. The molecule has 0 radical (unpaired) electrons. The summed E-state index contributed by atoms with van der Waals surface area (Å²) >= 11 is 0. The Kier molecular flexibility index (Phi) is 11.3. The molecule has 1 unspecified atom stereocenters. The second-order valence-electron chi connectivity index (χ2n) is 9.56. The first-order chi connectivity index (χ1) is 18.6. The molecule has 40 heavy (non-hydrogen) atoms. The van der Waals surface area contributed by atoms with Gasteiger partial charge in [0, 0.05) is 24.7 Å². The standard InChI is InChI=1S/C27H33F5N4O4/c1-17(24(28)29)8-9-18(2)36-23(33-6)13-11-20(35-36)19-10-12-21(22(16-19)39-27(30,31)32)38-15-7-14-34-25(37)40-26(3,4)5/h8-13,16,18,24H,1,7,14-15H2,2-6H3,(H,34,37)/b9-8+,33-23?. The molecule has 13 heteroatoms. The fraction of sp³-hybridized carbons (Fsp3) is 0.444. The maximum atomic E-state index is 13.2. The number of ether oxygens (including phenoxy) is 3. The number of carbonyl (C=O) groups is 1. The van der Waals surface area contributed by atoms with Crippen molar-refractivity contribution < 1.29 is 41.0 Å². The SMILES string of the molecule is C=C(/C=C/C(C)n1nc(-c2ccc(OCCCNC(=O)OC(C)(C)C)c(OC(F)(F)F)c2)ccc1=NC)C(F)F. The number of alkyl halides is 5. The minimum absolute atomic E-state index is 0.0118. The Labute approximate surface area is 229 Å². The van der Waals surface area contributed by atoms with Gasteiger partial charge in [-0.3, -0.25) is 4.99 Å². The van der Waals surface area contributed by atoms with Crippen LogP contribution in [0.1, 0.15) is 40.2 Å². The van der Waals surface area contributed by atoms with Gasteiger partial charge in [0.1, 0.15) is 11.1 Å². The van der Waals surface area contributed by atoms with Gasteiger partial charge in [0.05, 0.1) is 18.3 Å². The van der Waals surface area contributed by atoms with E-state index in [9.17, 15) is 26.7 Å². The van der Waals surface area contributed by atoms with E-state index in [1.165, 1.54) is 36.0 Å². The maximum Gasteiger partial charge on any atom is 0.573 e. The molecule has 0 bridgehead atoms. The van der Waals surface area contributed by atoms with Crippen molar-refractivity contribution in [1.29, 1.82) is 0 Å². The number of halogens is 5. The van der Waals surface area contributed by atoms with Gasteiger partial charge in [-0.15, -0.1) is 13.2 Å². The van der Waals surface area contributed by atoms with E-state index in [0.717, 1.165) is 6.07 Å². The minimum atomic E-state index is -4.99. The summed E-state index contributed by atoms with van der Waals surface area (Å²) in [5.74, 6) is -0.739. The molecular weight excluding hydrogens is 539 g/mol. The number of carbonyl (C=O) groups excluding carboxylic acids is 1. The molecule has 0 fully saturated rings. The topological polar surface area (TPSA) is 87.0 Å². The zero-order valence-electron chi connectivity index (χ0n) is 22.9. The van der Waals surface area contributed by atoms with Crippen LogP contribution >= 0.6 is 0 Å². The molecule has 0 saturated carbocycles. The average Bonchev–Trinajstić information content (AvgIpc) is 2.85. The van der Waals surface area contributed by atoms with E-state index in [0.29, 0.717) is 11.9 Å². The van der Waals surface area contributed by atoms with Crippen molar-refractivity contribution in [2.75, 3.05) is 20.2 Å². The molecule has 0 aliphatic heterocycles. The molecule has 0 spiro atoms. The lowest BCUT2D eigenvalue weighted by molar-refractivity contribution is -0.275. The molecule has 1 heterocycles. The van der Waals surface area contributed by atoms with E-state index in [1.54, 1.807) is 39.8 Å². The highest BCUT2D eigenvalue weighted by Crippen LogP contribution is 2.35. The van der Waals surface area contributed by atoms with Gasteiger partial charge >= 0.3 is 12.5 Å². The largest absolute Gasteiger partial charge is 0.573 e. The minimum Gasteiger partial charge on any atom is -0.490 e. The number of allylic oxidation sites excluding steroid dienone is 3. The molecule has 2 aromatic rings. The molecule has 0 saturated heterocycles. The van der Waals surface area contributed by atoms with E-state index in [1.807, 2.05) is 0 Å². The van der Waals surface area contributed by atoms with E-state index in [-0.39, 0.29) is 35.7 Å². The number of benzene rings is 1. The quantitative estimate of drug-likeness (QED) is 0.197. The van der Waals surface area contributed by atoms with Crippen LogP contribution in [-0.2, 0) is 4.74 Å². The first-order valence-electron chi connectivity index (χ1n) is 12.3. The second-order valence-corrected chi connectivity index (χ2v) is 9.56. The van der Waals surface area contributed by atoms with Crippen LogP contribution < -0.4 is 20.3 Å². The lowest BCUT2D eigenvalue weighted by atomic mass is 10.1. The van der Waals surface area contributed by atoms with Crippen LogP contribution in [-0.4, -0.2) is 54.5 Å². The van der Waals surface area contributed by atoms with Gasteiger partial charge in [-0.2, -0.15) is 5.10 Å². The molecule has 0 aliphatic rings. The fourth-order valence-corrected chi connectivity index (χ4v) is 3.23. The van der Waals surface area contributed by atoms with Crippen LogP contribution in [0.3, 0.4) is 0 Å². The van der Waals surface area contributed by atoms with Crippen LogP contribution in [0.15, 0.2) is 59.6 Å². The number of alkyl carbamates (subject to hydrolysis) is 1. The molecule has 1 aromatic carbocycles. The predicted molar refractivity (Wildman–Crippen MR) is 139 cm³/mol. The number of aromatic nitrogens is 2. The fourth-order valence-electron chi connectivity index (χ4n) is 3.23. The normalized spacial score (nSPS) is 13.4. The predicted octanol–water partition coefficient (Wildman–Crippen LogP) is 6.21. The highest BCUT2D eigenvalue weighted by molar-refractivity contribution is 5.67. The Hall–Kier alpha value is -3.90. The van der Waals surface area contributed by atoms with Crippen molar-refractivity contribution in [1.82, 2.24) is 15.1 Å². The zero-order chi connectivity index (χ0) is 30.1. The van der Waals surface area contributed by atoms with Crippen molar-refractivity contribution in [3.8, 4) is 22.8 Å². The lowest BCUT2D eigenvalue weighted by Gasteiger charge is -2.19. The summed E-state index contributed by atoms with van der Waals surface area (Å²) in [6, 6.07) is 6.58. The first-order valence-corrected chi connectivity index (χ1v) is 12.3. The molecule has 220 valence electrons. The first kappa shape index (κ1) is 32.3. The van der Waals surface area contributed by atoms with Crippen LogP contribution in [0, 0.1) is 0 Å². The summed E-state index contributed by atoms with van der Waals surface area (Å²) in [4.78, 5) is 15.8. The summed E-state index contributed by atoms with van der Waals surface area (Å²) in [7, 11) is 1.52. The van der Waals surface area contributed by atoms with Crippen LogP contribution in [0.5, 0.6) is 11.5 Å². The highest BCUT2D eigenvalue weighted by atomic mass is 19.4. The molecule has 1 amide bonds. The smallest absolute Gasteiger partial charge is 0.490 e. The average molecular weight is 573 g/mol. The lowest BCUT2D eigenvalue weighted by Crippen LogP contribution is -2.33. The van der Waals surface area contributed by atoms with E-state index in [2.05, 4.69) is 26.7 Å². The molecule has 1 aromatic heterocycles. The van der Waals surface area contributed by atoms with E-state index < -0.39 is 36.3 Å². The number of nitrogens with zero attached hydrogens (tertiary/aromatic N) is 3. The molecule has 1 N–H and O–H groups in total. The summed E-state index contributed by atoms with van der Waals surface area (Å²) < 4.78 is 81.3. The zero-order valence-corrected chi connectivity index (χ0v) is 22.9. The molecule has 1 atom stereocenters. The maximum absolute atomic E-state index is 13.2. The van der Waals surface area contributed by atoms with Crippen LogP contribution in [0.4, 0.5) is 26.7 Å². The Morgan fingerprint density at radius 2 is 1.88 bits per heavy atom. The molecule has 0 aliphatic carbocycles. The van der Waals surface area contributed by atoms with Crippen LogP contribution in [0.25, 0.3) is 11.3 Å². The summed E-state index contributed by atoms with van der Waals surface area (Å²) in [6.07, 6.45) is -5.38. The molecular formula is C27H33F5N4O4. The number of hydrogen-bond acceptors (Lipinski definition) is 6. The number of hydrogen-bond donors (Lipinski definition) is 1. The van der Waals surface area contributed by atoms with Gasteiger partial charge < -0.3 is 19.5 Å². The third kappa shape index (κ3) is 10.7. The summed E-state index contributed by atoms with van der Waals surface area (Å²) in [5.41, 5.74) is -0.0633. The third-order valence-corrected chi connectivity index (χ3v) is 5.04. The molecule has 8 nitrogen and oxygen atoms in total. The Bertz CT molecular complexity index is 1270. The number of nitrogens with one attached hydrogen (secondary N) is 1. The number of amides is 1. The van der Waals surface area contributed by atoms with Crippen molar-refractivity contribution >= 4 is 6.09 Å². The van der Waals surface area contributed by atoms with Crippen molar-refractivity contribution in [3.05, 3.63) is 60.1 Å². The van der Waals surface area contributed by atoms with Gasteiger partial charge in [0.15, 0.2) is 11.5 Å². The van der Waals surface area contributed by atoms with Crippen LogP contribution in [0.2, 0.25) is 0 Å². The van der Waals surface area contributed by atoms with E-state index >= 15 is 0 Å². The molecule has 2 rings (SSSR count). The van der Waals surface area contributed by atoms with Crippen molar-refractivity contribution in [2.45, 2.75) is 58.5 Å². The van der Waals surface area contributed by atoms with Gasteiger partial charge in [-0.1, -0.05) is 18.7 Å². The van der Waals surface area contributed by atoms with Gasteiger partial charge in [-0.05, 0) is 64.4 Å². The third-order valence-electron chi connectivity index (χ3n) is 5.04. The number of rotatable bonds is 11. The Balaban J connectivity index is 2.25. The monoisotopic (exact) mass is 572 g/mol.